The zero-order valence-electron chi connectivity index (χ0n) is 14.0. The van der Waals surface area contributed by atoms with Crippen LogP contribution in [0.1, 0.15) is 38.0 Å². The topological polar surface area (TPSA) is 101 Å². The second-order valence-corrected chi connectivity index (χ2v) is 6.30. The third kappa shape index (κ3) is 3.69. The molecule has 0 saturated heterocycles. The van der Waals surface area contributed by atoms with E-state index in [-0.39, 0.29) is 18.1 Å². The highest BCUT2D eigenvalue weighted by molar-refractivity contribution is 5.88. The molecule has 0 aliphatic carbocycles. The summed E-state index contributed by atoms with van der Waals surface area (Å²) in [6.07, 6.45) is 1.72. The van der Waals surface area contributed by atoms with E-state index in [1.165, 1.54) is 0 Å². The van der Waals surface area contributed by atoms with E-state index in [9.17, 15) is 4.79 Å². The molecular weight excluding hydrogens is 294 g/mol. The third-order valence-electron chi connectivity index (χ3n) is 3.50. The molecule has 122 valence electrons. The molecule has 2 rings (SSSR count). The van der Waals surface area contributed by atoms with Gasteiger partial charge in [0, 0.05) is 18.8 Å². The quantitative estimate of drug-likeness (QED) is 0.903. The lowest BCUT2D eigenvalue weighted by Gasteiger charge is -2.24. The molecule has 8 heteroatoms. The SMILES string of the molecule is Cc1nnc(CNC(=O)Nc2cc(C#N)cn2C(C)(C)C)n1C. The molecule has 2 amide bonds. The fourth-order valence-electron chi connectivity index (χ4n) is 2.10. The van der Waals surface area contributed by atoms with Crippen molar-refractivity contribution in [1.29, 1.82) is 5.26 Å². The van der Waals surface area contributed by atoms with Crippen molar-refractivity contribution in [2.45, 2.75) is 39.8 Å². The van der Waals surface area contributed by atoms with Crippen molar-refractivity contribution in [1.82, 2.24) is 24.6 Å². The Hall–Kier alpha value is -2.82. The number of hydrogen-bond donors (Lipinski definition) is 2. The molecular formula is C15H21N7O. The number of rotatable bonds is 3. The maximum absolute atomic E-state index is 12.1. The van der Waals surface area contributed by atoms with E-state index in [2.05, 4.69) is 26.9 Å². The van der Waals surface area contributed by atoms with Gasteiger partial charge in [0.2, 0.25) is 0 Å². The summed E-state index contributed by atoms with van der Waals surface area (Å²) in [5.41, 5.74) is 0.248. The number of aromatic nitrogens is 4. The molecule has 0 bridgehead atoms. The molecule has 0 saturated carbocycles. The summed E-state index contributed by atoms with van der Waals surface area (Å²) in [7, 11) is 1.84. The van der Waals surface area contributed by atoms with Gasteiger partial charge in [0.1, 0.15) is 17.7 Å². The van der Waals surface area contributed by atoms with Crippen molar-refractivity contribution < 1.29 is 4.79 Å². The lowest BCUT2D eigenvalue weighted by Crippen LogP contribution is -2.32. The van der Waals surface area contributed by atoms with E-state index < -0.39 is 0 Å². The Kier molecular flexibility index (Phi) is 4.40. The second-order valence-electron chi connectivity index (χ2n) is 6.30. The Labute approximate surface area is 135 Å². The molecule has 2 N–H and O–H groups in total. The number of anilines is 1. The molecule has 0 aliphatic heterocycles. The molecule has 0 aliphatic rings. The number of urea groups is 1. The first kappa shape index (κ1) is 16.5. The number of amides is 2. The van der Waals surface area contributed by atoms with E-state index in [0.29, 0.717) is 17.2 Å². The Balaban J connectivity index is 2.07. The summed E-state index contributed by atoms with van der Waals surface area (Å²) in [6.45, 7) is 8.11. The van der Waals surface area contributed by atoms with Crippen LogP contribution in [0.25, 0.3) is 0 Å². The molecule has 0 radical (unpaired) electrons. The van der Waals surface area contributed by atoms with Crippen LogP contribution in [0.2, 0.25) is 0 Å². The van der Waals surface area contributed by atoms with Gasteiger partial charge in [0.25, 0.3) is 0 Å². The summed E-state index contributed by atoms with van der Waals surface area (Å²) in [4.78, 5) is 12.1. The smallest absolute Gasteiger partial charge is 0.320 e. The van der Waals surface area contributed by atoms with Crippen molar-refractivity contribution in [2.75, 3.05) is 5.32 Å². The third-order valence-corrected chi connectivity index (χ3v) is 3.50. The van der Waals surface area contributed by atoms with Crippen molar-refractivity contribution in [3.8, 4) is 6.07 Å². The minimum Gasteiger partial charge on any atom is -0.331 e. The van der Waals surface area contributed by atoms with Crippen molar-refractivity contribution in [3.63, 3.8) is 0 Å². The van der Waals surface area contributed by atoms with Gasteiger partial charge >= 0.3 is 6.03 Å². The zero-order valence-corrected chi connectivity index (χ0v) is 14.0. The minimum absolute atomic E-state index is 0.252. The van der Waals surface area contributed by atoms with Gasteiger partial charge < -0.3 is 14.5 Å². The van der Waals surface area contributed by atoms with E-state index in [1.54, 1.807) is 12.3 Å². The first-order valence-corrected chi connectivity index (χ1v) is 7.25. The van der Waals surface area contributed by atoms with Crippen LogP contribution in [0.4, 0.5) is 10.6 Å². The zero-order chi connectivity index (χ0) is 17.2. The summed E-state index contributed by atoms with van der Waals surface area (Å²) in [5.74, 6) is 2.02. The fourth-order valence-corrected chi connectivity index (χ4v) is 2.10. The standard InChI is InChI=1S/C15H21N7O/c1-10-19-20-13(21(10)5)8-17-14(23)18-12-6-11(7-16)9-22(12)15(2,3)4/h6,9H,8H2,1-5H3,(H2,17,18,23). The van der Waals surface area contributed by atoms with Crippen LogP contribution in [-0.2, 0) is 19.1 Å². The lowest BCUT2D eigenvalue weighted by molar-refractivity contribution is 0.251. The number of hydrogen-bond acceptors (Lipinski definition) is 4. The molecule has 2 aromatic heterocycles. The van der Waals surface area contributed by atoms with Crippen LogP contribution in [0.15, 0.2) is 12.3 Å². The van der Waals surface area contributed by atoms with Crippen LogP contribution < -0.4 is 10.6 Å². The van der Waals surface area contributed by atoms with Crippen LogP contribution in [0, 0.1) is 18.3 Å². The highest BCUT2D eigenvalue weighted by atomic mass is 16.2. The Morgan fingerprint density at radius 3 is 2.61 bits per heavy atom. The van der Waals surface area contributed by atoms with Crippen molar-refractivity contribution >= 4 is 11.8 Å². The summed E-state index contributed by atoms with van der Waals surface area (Å²) < 4.78 is 3.67. The number of aryl methyl sites for hydroxylation is 1. The lowest BCUT2D eigenvalue weighted by atomic mass is 10.1. The molecule has 23 heavy (non-hydrogen) atoms. The van der Waals surface area contributed by atoms with Gasteiger partial charge in [-0.2, -0.15) is 5.26 Å². The fraction of sp³-hybridized carbons (Fsp3) is 0.467. The van der Waals surface area contributed by atoms with Crippen molar-refractivity contribution in [3.05, 3.63) is 29.5 Å². The highest BCUT2D eigenvalue weighted by Crippen LogP contribution is 2.23. The monoisotopic (exact) mass is 315 g/mol. The van der Waals surface area contributed by atoms with Gasteiger partial charge in [-0.25, -0.2) is 4.79 Å². The number of nitrogens with one attached hydrogen (secondary N) is 2. The number of nitrogens with zero attached hydrogens (tertiary/aromatic N) is 5. The maximum Gasteiger partial charge on any atom is 0.320 e. The Morgan fingerprint density at radius 1 is 1.39 bits per heavy atom. The van der Waals surface area contributed by atoms with E-state index in [0.717, 1.165) is 5.82 Å². The molecule has 2 heterocycles. The van der Waals surface area contributed by atoms with Gasteiger partial charge in [0.15, 0.2) is 5.82 Å². The highest BCUT2D eigenvalue weighted by Gasteiger charge is 2.19. The van der Waals surface area contributed by atoms with Crippen LogP contribution in [0.5, 0.6) is 0 Å². The molecule has 0 fully saturated rings. The molecule has 8 nitrogen and oxygen atoms in total. The largest absolute Gasteiger partial charge is 0.331 e. The van der Waals surface area contributed by atoms with Crippen LogP contribution in [-0.4, -0.2) is 25.4 Å². The van der Waals surface area contributed by atoms with Gasteiger partial charge in [-0.1, -0.05) is 0 Å². The van der Waals surface area contributed by atoms with Gasteiger partial charge in [-0.3, -0.25) is 5.32 Å². The minimum atomic E-state index is -0.362. The normalized spacial score (nSPS) is 11.1. The van der Waals surface area contributed by atoms with Crippen molar-refractivity contribution in [2.24, 2.45) is 7.05 Å². The van der Waals surface area contributed by atoms with Gasteiger partial charge in [-0.15, -0.1) is 10.2 Å². The maximum atomic E-state index is 12.1. The molecule has 0 aromatic carbocycles. The Morgan fingerprint density at radius 2 is 2.09 bits per heavy atom. The predicted molar refractivity (Wildman–Crippen MR) is 85.7 cm³/mol. The molecule has 0 spiro atoms. The van der Waals surface area contributed by atoms with E-state index in [1.807, 2.05) is 43.9 Å². The summed E-state index contributed by atoms with van der Waals surface area (Å²) >= 11 is 0. The average molecular weight is 315 g/mol. The first-order chi connectivity index (χ1) is 10.7. The second kappa shape index (κ2) is 6.12. The average Bonchev–Trinajstić information content (AvgIpc) is 3.02. The number of nitriles is 1. The van der Waals surface area contributed by atoms with E-state index in [4.69, 9.17) is 5.26 Å². The van der Waals surface area contributed by atoms with E-state index >= 15 is 0 Å². The molecule has 0 unspecified atom stereocenters. The Bertz CT molecular complexity index is 758. The van der Waals surface area contributed by atoms with Crippen LogP contribution >= 0.6 is 0 Å². The first-order valence-electron chi connectivity index (χ1n) is 7.25. The van der Waals surface area contributed by atoms with Gasteiger partial charge in [-0.05, 0) is 33.8 Å². The number of carbonyl (C=O) groups excluding carboxylic acids is 1. The number of carbonyl (C=O) groups is 1. The molecule has 0 atom stereocenters. The summed E-state index contributed by atoms with van der Waals surface area (Å²) in [5, 5.41) is 22.5. The van der Waals surface area contributed by atoms with Crippen LogP contribution in [0.3, 0.4) is 0 Å². The summed E-state index contributed by atoms with van der Waals surface area (Å²) in [6, 6.07) is 3.37. The molecule has 2 aromatic rings. The predicted octanol–water partition coefficient (Wildman–Crippen LogP) is 1.87. The van der Waals surface area contributed by atoms with Gasteiger partial charge in [0.05, 0.1) is 12.1 Å².